The Morgan fingerprint density at radius 1 is 1.00 bits per heavy atom. The van der Waals surface area contributed by atoms with Crippen LogP contribution in [0.25, 0.3) is 11.1 Å². The smallest absolute Gasteiger partial charge is 0.251 e. The van der Waals surface area contributed by atoms with Crippen LogP contribution in [0.2, 0.25) is 0 Å². The van der Waals surface area contributed by atoms with Crippen molar-refractivity contribution in [3.05, 3.63) is 60.2 Å². The third-order valence-corrected chi connectivity index (χ3v) is 6.52. The lowest BCUT2D eigenvalue weighted by Gasteiger charge is -2.27. The summed E-state index contributed by atoms with van der Waals surface area (Å²) in [6, 6.07) is 16.3. The monoisotopic (exact) mass is 418 g/mol. The fraction of sp³-hybridized carbons (Fsp3) is 0.400. The van der Waals surface area contributed by atoms with Crippen molar-refractivity contribution < 1.29 is 19.1 Å². The second-order valence-corrected chi connectivity index (χ2v) is 8.73. The summed E-state index contributed by atoms with van der Waals surface area (Å²) < 4.78 is 5.51. The molecule has 6 heteroatoms. The molecule has 1 aliphatic carbocycles. The maximum Gasteiger partial charge on any atom is 0.251 e. The first kappa shape index (κ1) is 19.9. The highest BCUT2D eigenvalue weighted by Crippen LogP contribution is 2.35. The average molecular weight is 418 g/mol. The van der Waals surface area contributed by atoms with Crippen molar-refractivity contribution in [3.8, 4) is 11.1 Å². The molecule has 31 heavy (non-hydrogen) atoms. The van der Waals surface area contributed by atoms with Gasteiger partial charge >= 0.3 is 0 Å². The van der Waals surface area contributed by atoms with Crippen LogP contribution in [0, 0.1) is 5.92 Å². The molecule has 3 aliphatic rings. The van der Waals surface area contributed by atoms with E-state index in [1.54, 1.807) is 17.0 Å². The van der Waals surface area contributed by atoms with Crippen LogP contribution in [0.5, 0.6) is 0 Å². The number of ketones is 1. The topological polar surface area (TPSA) is 75.7 Å². The van der Waals surface area contributed by atoms with Gasteiger partial charge in [-0.15, -0.1) is 0 Å². The Bertz CT molecular complexity index is 984. The van der Waals surface area contributed by atoms with E-state index in [-0.39, 0.29) is 30.3 Å². The van der Waals surface area contributed by atoms with Gasteiger partial charge in [0.2, 0.25) is 5.91 Å². The Hall–Kier alpha value is -2.99. The quantitative estimate of drug-likeness (QED) is 0.783. The van der Waals surface area contributed by atoms with Crippen molar-refractivity contribution in [1.29, 1.82) is 0 Å². The van der Waals surface area contributed by atoms with E-state index in [9.17, 15) is 14.4 Å². The minimum atomic E-state index is -0.610. The number of carbonyl (C=O) groups is 3. The highest BCUT2D eigenvalue weighted by molar-refractivity contribution is 5.99. The predicted octanol–water partition coefficient (Wildman–Crippen LogP) is 2.82. The summed E-state index contributed by atoms with van der Waals surface area (Å²) in [7, 11) is 0. The third-order valence-electron chi connectivity index (χ3n) is 6.52. The van der Waals surface area contributed by atoms with Gasteiger partial charge in [0.05, 0.1) is 6.10 Å². The Morgan fingerprint density at radius 3 is 2.42 bits per heavy atom. The van der Waals surface area contributed by atoms with Crippen molar-refractivity contribution in [2.75, 3.05) is 13.2 Å². The second-order valence-electron chi connectivity index (χ2n) is 8.73. The average Bonchev–Trinajstić information content (AvgIpc) is 3.40. The Kier molecular flexibility index (Phi) is 5.32. The van der Waals surface area contributed by atoms with Crippen molar-refractivity contribution in [2.24, 2.45) is 5.92 Å². The summed E-state index contributed by atoms with van der Waals surface area (Å²) >= 11 is 0. The molecule has 2 aliphatic heterocycles. The summed E-state index contributed by atoms with van der Waals surface area (Å²) in [6.07, 6.45) is 3.27. The number of ether oxygens (including phenoxy) is 1. The zero-order valence-corrected chi connectivity index (χ0v) is 17.3. The number of nitrogens with one attached hydrogen (secondary N) is 1. The van der Waals surface area contributed by atoms with Gasteiger partial charge < -0.3 is 15.0 Å². The lowest BCUT2D eigenvalue weighted by atomic mass is 10.0. The molecular weight excluding hydrogens is 392 g/mol. The van der Waals surface area contributed by atoms with E-state index in [1.165, 1.54) is 0 Å². The molecule has 5 rings (SSSR count). The summed E-state index contributed by atoms with van der Waals surface area (Å²) in [6.45, 7) is 0.579. The van der Waals surface area contributed by atoms with Gasteiger partial charge in [-0.1, -0.05) is 55.3 Å². The highest BCUT2D eigenvalue weighted by Gasteiger charge is 2.48. The molecule has 0 spiro atoms. The minimum Gasteiger partial charge on any atom is -0.368 e. The van der Waals surface area contributed by atoms with Crippen LogP contribution in [0.4, 0.5) is 0 Å². The first-order chi connectivity index (χ1) is 15.1. The normalized spacial score (nSPS) is 23.5. The Balaban J connectivity index is 1.30. The molecule has 2 aromatic carbocycles. The van der Waals surface area contributed by atoms with E-state index in [0.29, 0.717) is 30.9 Å². The lowest BCUT2D eigenvalue weighted by molar-refractivity contribution is -0.138. The Morgan fingerprint density at radius 2 is 1.71 bits per heavy atom. The number of benzene rings is 2. The largest absolute Gasteiger partial charge is 0.368 e. The molecule has 3 unspecified atom stereocenters. The van der Waals surface area contributed by atoms with Gasteiger partial charge in [0.25, 0.3) is 5.91 Å². The molecule has 6 nitrogen and oxygen atoms in total. The predicted molar refractivity (Wildman–Crippen MR) is 115 cm³/mol. The van der Waals surface area contributed by atoms with Crippen LogP contribution in [0.3, 0.4) is 0 Å². The first-order valence-corrected chi connectivity index (χ1v) is 11.0. The van der Waals surface area contributed by atoms with Gasteiger partial charge in [0.1, 0.15) is 18.7 Å². The maximum atomic E-state index is 13.3. The van der Waals surface area contributed by atoms with Crippen molar-refractivity contribution in [3.63, 3.8) is 0 Å². The Labute approximate surface area is 181 Å². The molecule has 0 aromatic heterocycles. The number of likely N-dealkylation sites (tertiary alicyclic amines) is 1. The van der Waals surface area contributed by atoms with Gasteiger partial charge in [-0.3, -0.25) is 14.4 Å². The SMILES string of the molecule is O=C(NC(CC1CC1)C(=O)N1CCC2OCC(=O)C21)c1ccc(-c2ccccc2)cc1. The molecule has 2 saturated heterocycles. The minimum absolute atomic E-state index is 0.0381. The van der Waals surface area contributed by atoms with Crippen LogP contribution < -0.4 is 5.32 Å². The molecule has 0 radical (unpaired) electrons. The van der Waals surface area contributed by atoms with Crippen molar-refractivity contribution >= 4 is 17.6 Å². The standard InChI is InChI=1S/C25H26N2O4/c28-21-15-31-22-12-13-27(23(21)22)25(30)20(14-16-6-7-16)26-24(29)19-10-8-18(9-11-19)17-4-2-1-3-5-17/h1-5,8-11,16,20,22-23H,6-7,12-15H2,(H,26,29). The van der Waals surface area contributed by atoms with Crippen LogP contribution in [-0.4, -0.2) is 53.8 Å². The number of carbonyl (C=O) groups excluding carboxylic acids is 3. The van der Waals surface area contributed by atoms with Crippen molar-refractivity contribution in [1.82, 2.24) is 10.2 Å². The van der Waals surface area contributed by atoms with Crippen molar-refractivity contribution in [2.45, 2.75) is 43.9 Å². The van der Waals surface area contributed by atoms with Gasteiger partial charge in [0.15, 0.2) is 5.78 Å². The van der Waals surface area contributed by atoms with Crippen LogP contribution in [-0.2, 0) is 14.3 Å². The molecule has 3 fully saturated rings. The van der Waals surface area contributed by atoms with Crippen LogP contribution in [0.1, 0.15) is 36.0 Å². The highest BCUT2D eigenvalue weighted by atomic mass is 16.5. The number of rotatable bonds is 6. The lowest BCUT2D eigenvalue weighted by Crippen LogP contribution is -2.52. The van der Waals surface area contributed by atoms with Gasteiger partial charge in [-0.05, 0) is 42.0 Å². The van der Waals surface area contributed by atoms with Gasteiger partial charge in [-0.25, -0.2) is 0 Å². The number of fused-ring (bicyclic) bond motifs is 1. The third kappa shape index (κ3) is 4.12. The zero-order valence-electron chi connectivity index (χ0n) is 17.3. The fourth-order valence-corrected chi connectivity index (χ4v) is 4.64. The van der Waals surface area contributed by atoms with Crippen LogP contribution >= 0.6 is 0 Å². The number of amides is 2. The summed E-state index contributed by atoms with van der Waals surface area (Å²) in [5.74, 6) is 0.00310. The molecular formula is C25H26N2O4. The number of hydrogen-bond acceptors (Lipinski definition) is 4. The zero-order chi connectivity index (χ0) is 21.4. The molecule has 2 aromatic rings. The van der Waals surface area contributed by atoms with E-state index >= 15 is 0 Å². The number of hydrogen-bond donors (Lipinski definition) is 1. The maximum absolute atomic E-state index is 13.3. The van der Waals surface area contributed by atoms with E-state index in [2.05, 4.69) is 5.32 Å². The second kappa shape index (κ2) is 8.27. The number of Topliss-reactive ketones (excluding diaryl/α,β-unsaturated/α-hetero) is 1. The molecule has 2 amide bonds. The van der Waals surface area contributed by atoms with Crippen LogP contribution in [0.15, 0.2) is 54.6 Å². The molecule has 160 valence electrons. The number of nitrogens with zero attached hydrogens (tertiary/aromatic N) is 1. The van der Waals surface area contributed by atoms with Gasteiger partial charge in [-0.2, -0.15) is 0 Å². The molecule has 2 heterocycles. The molecule has 1 saturated carbocycles. The summed E-state index contributed by atoms with van der Waals surface area (Å²) in [5.41, 5.74) is 2.64. The van der Waals surface area contributed by atoms with E-state index < -0.39 is 12.1 Å². The molecule has 0 bridgehead atoms. The molecule has 3 atom stereocenters. The van der Waals surface area contributed by atoms with Gasteiger partial charge in [0, 0.05) is 12.1 Å². The van der Waals surface area contributed by atoms with E-state index in [4.69, 9.17) is 4.74 Å². The fourth-order valence-electron chi connectivity index (χ4n) is 4.64. The summed E-state index contributed by atoms with van der Waals surface area (Å²) in [5, 5.41) is 2.95. The van der Waals surface area contributed by atoms with E-state index in [1.807, 2.05) is 42.5 Å². The van der Waals surface area contributed by atoms with E-state index in [0.717, 1.165) is 24.0 Å². The summed E-state index contributed by atoms with van der Waals surface area (Å²) in [4.78, 5) is 40.1. The first-order valence-electron chi connectivity index (χ1n) is 11.0. The molecule has 1 N–H and O–H groups in total.